The first-order valence-corrected chi connectivity index (χ1v) is 10.3. The van der Waals surface area contributed by atoms with Crippen molar-refractivity contribution < 1.29 is 18.7 Å². The Balaban J connectivity index is 1.78. The molecule has 0 aliphatic heterocycles. The molecule has 1 aromatic heterocycles. The minimum absolute atomic E-state index is 0.118. The Labute approximate surface area is 193 Å². The van der Waals surface area contributed by atoms with E-state index in [1.165, 1.54) is 18.2 Å². The van der Waals surface area contributed by atoms with Gasteiger partial charge < -0.3 is 13.9 Å². The molecule has 0 amide bonds. The molecule has 0 N–H and O–H groups in total. The van der Waals surface area contributed by atoms with Crippen molar-refractivity contribution in [3.05, 3.63) is 98.6 Å². The quantitative estimate of drug-likeness (QED) is 0.251. The van der Waals surface area contributed by atoms with Gasteiger partial charge >= 0.3 is 5.97 Å². The Kier molecular flexibility index (Phi) is 6.30. The molecule has 1 heterocycles. The molecule has 0 unspecified atom stereocenters. The van der Waals surface area contributed by atoms with Gasteiger partial charge in [-0.2, -0.15) is 0 Å². The molecule has 0 radical (unpaired) electrons. The highest BCUT2D eigenvalue weighted by Crippen LogP contribution is 2.33. The molecule has 0 saturated carbocycles. The SMILES string of the molecule is COc1ccc(-c2oc3ccc(Cl)cc3c(=O)c2OC(=O)/C=C/c2ccccc2Cl)cc1. The van der Waals surface area contributed by atoms with Crippen molar-refractivity contribution in [2.45, 2.75) is 0 Å². The van der Waals surface area contributed by atoms with Crippen molar-refractivity contribution >= 4 is 46.2 Å². The van der Waals surface area contributed by atoms with Crippen molar-refractivity contribution in [3.63, 3.8) is 0 Å². The van der Waals surface area contributed by atoms with E-state index in [2.05, 4.69) is 0 Å². The normalized spacial score (nSPS) is 11.1. The van der Waals surface area contributed by atoms with Crippen LogP contribution in [0.1, 0.15) is 5.56 Å². The lowest BCUT2D eigenvalue weighted by atomic mass is 10.1. The Morgan fingerprint density at radius 1 is 1.00 bits per heavy atom. The second-order valence-corrected chi connectivity index (χ2v) is 7.58. The third kappa shape index (κ3) is 4.54. The number of methoxy groups -OCH3 is 1. The van der Waals surface area contributed by atoms with E-state index in [1.54, 1.807) is 67.8 Å². The van der Waals surface area contributed by atoms with E-state index >= 15 is 0 Å². The van der Waals surface area contributed by atoms with Gasteiger partial charge in [-0.3, -0.25) is 4.79 Å². The van der Waals surface area contributed by atoms with Gasteiger partial charge in [0.15, 0.2) is 5.76 Å². The summed E-state index contributed by atoms with van der Waals surface area (Å²) in [7, 11) is 1.55. The Hall–Kier alpha value is -3.54. The average Bonchev–Trinajstić information content (AvgIpc) is 2.80. The summed E-state index contributed by atoms with van der Waals surface area (Å²) in [6, 6.07) is 18.5. The van der Waals surface area contributed by atoms with Crippen molar-refractivity contribution in [1.82, 2.24) is 0 Å². The summed E-state index contributed by atoms with van der Waals surface area (Å²) in [5.74, 6) is -0.246. The van der Waals surface area contributed by atoms with Crippen molar-refractivity contribution in [1.29, 1.82) is 0 Å². The molecule has 0 aliphatic carbocycles. The van der Waals surface area contributed by atoms with Crippen molar-refractivity contribution in [2.75, 3.05) is 7.11 Å². The van der Waals surface area contributed by atoms with Gasteiger partial charge in [0.05, 0.1) is 12.5 Å². The van der Waals surface area contributed by atoms with Gasteiger partial charge in [-0.25, -0.2) is 4.79 Å². The van der Waals surface area contributed by atoms with Crippen LogP contribution in [0.25, 0.3) is 28.4 Å². The Bertz CT molecular complexity index is 1390. The van der Waals surface area contributed by atoms with E-state index in [-0.39, 0.29) is 16.9 Å². The topological polar surface area (TPSA) is 65.7 Å². The summed E-state index contributed by atoms with van der Waals surface area (Å²) < 4.78 is 16.6. The van der Waals surface area contributed by atoms with Gasteiger partial charge in [-0.15, -0.1) is 0 Å². The number of rotatable bonds is 5. The van der Waals surface area contributed by atoms with Crippen molar-refractivity contribution in [2.24, 2.45) is 0 Å². The fraction of sp³-hybridized carbons (Fsp3) is 0.0400. The maximum Gasteiger partial charge on any atom is 0.336 e. The van der Waals surface area contributed by atoms with Gasteiger partial charge in [0.2, 0.25) is 11.2 Å². The largest absolute Gasteiger partial charge is 0.497 e. The summed E-state index contributed by atoms with van der Waals surface area (Å²) in [6.45, 7) is 0. The van der Waals surface area contributed by atoms with E-state index in [1.807, 2.05) is 0 Å². The predicted molar refractivity (Wildman–Crippen MR) is 126 cm³/mol. The van der Waals surface area contributed by atoms with Crippen LogP contribution in [-0.4, -0.2) is 13.1 Å². The molecule has 7 heteroatoms. The second-order valence-electron chi connectivity index (χ2n) is 6.73. The lowest BCUT2D eigenvalue weighted by Gasteiger charge is -2.10. The fourth-order valence-electron chi connectivity index (χ4n) is 3.08. The zero-order chi connectivity index (χ0) is 22.7. The summed E-state index contributed by atoms with van der Waals surface area (Å²) in [5, 5.41) is 1.04. The van der Waals surface area contributed by atoms with E-state index in [9.17, 15) is 9.59 Å². The molecule has 3 aromatic carbocycles. The lowest BCUT2D eigenvalue weighted by Crippen LogP contribution is -2.14. The van der Waals surface area contributed by atoms with Gasteiger partial charge in [-0.05, 0) is 60.2 Å². The number of hydrogen-bond donors (Lipinski definition) is 0. The summed E-state index contributed by atoms with van der Waals surface area (Å²) >= 11 is 12.2. The van der Waals surface area contributed by atoms with Crippen LogP contribution < -0.4 is 14.9 Å². The molecular weight excluding hydrogens is 451 g/mol. The highest BCUT2D eigenvalue weighted by atomic mass is 35.5. The highest BCUT2D eigenvalue weighted by Gasteiger charge is 2.20. The molecule has 0 atom stereocenters. The first-order valence-electron chi connectivity index (χ1n) is 9.51. The zero-order valence-corrected chi connectivity index (χ0v) is 18.3. The number of esters is 1. The maximum absolute atomic E-state index is 13.2. The van der Waals surface area contributed by atoms with Crippen LogP contribution in [0.15, 0.2) is 82.0 Å². The fourth-order valence-corrected chi connectivity index (χ4v) is 3.45. The van der Waals surface area contributed by atoms with Crippen LogP contribution in [0.2, 0.25) is 10.0 Å². The van der Waals surface area contributed by atoms with E-state index in [0.717, 1.165) is 0 Å². The first kappa shape index (κ1) is 21.7. The van der Waals surface area contributed by atoms with Crippen LogP contribution in [0, 0.1) is 0 Å². The number of hydrogen-bond acceptors (Lipinski definition) is 5. The van der Waals surface area contributed by atoms with Gasteiger partial charge in [0.1, 0.15) is 11.3 Å². The summed E-state index contributed by atoms with van der Waals surface area (Å²) in [4.78, 5) is 25.8. The van der Waals surface area contributed by atoms with Crippen LogP contribution in [0.3, 0.4) is 0 Å². The molecule has 0 aliphatic rings. The van der Waals surface area contributed by atoms with E-state index in [0.29, 0.717) is 32.5 Å². The van der Waals surface area contributed by atoms with Crippen LogP contribution in [0.4, 0.5) is 0 Å². The maximum atomic E-state index is 13.2. The predicted octanol–water partition coefficient (Wildman–Crippen LogP) is 6.39. The Morgan fingerprint density at radius 3 is 2.47 bits per heavy atom. The molecule has 0 bridgehead atoms. The molecule has 0 fully saturated rings. The van der Waals surface area contributed by atoms with Gasteiger partial charge in [0.25, 0.3) is 0 Å². The third-order valence-electron chi connectivity index (χ3n) is 4.67. The van der Waals surface area contributed by atoms with Gasteiger partial charge in [-0.1, -0.05) is 41.4 Å². The number of ether oxygens (including phenoxy) is 2. The minimum Gasteiger partial charge on any atom is -0.497 e. The molecule has 32 heavy (non-hydrogen) atoms. The molecule has 0 saturated heterocycles. The molecule has 4 aromatic rings. The van der Waals surface area contributed by atoms with Crippen LogP contribution in [0.5, 0.6) is 11.5 Å². The smallest absolute Gasteiger partial charge is 0.336 e. The number of halogens is 2. The van der Waals surface area contributed by atoms with E-state index in [4.69, 9.17) is 37.1 Å². The lowest BCUT2D eigenvalue weighted by molar-refractivity contribution is -0.129. The molecule has 5 nitrogen and oxygen atoms in total. The summed E-state index contributed by atoms with van der Waals surface area (Å²) in [6.07, 6.45) is 2.71. The molecule has 0 spiro atoms. The zero-order valence-electron chi connectivity index (χ0n) is 16.8. The first-order chi connectivity index (χ1) is 15.5. The average molecular weight is 467 g/mol. The molecule has 4 rings (SSSR count). The molecular formula is C25H16Cl2O5. The third-order valence-corrected chi connectivity index (χ3v) is 5.25. The van der Waals surface area contributed by atoms with Crippen LogP contribution in [-0.2, 0) is 4.79 Å². The highest BCUT2D eigenvalue weighted by molar-refractivity contribution is 6.32. The van der Waals surface area contributed by atoms with Gasteiger partial charge in [0, 0.05) is 21.7 Å². The van der Waals surface area contributed by atoms with Crippen LogP contribution >= 0.6 is 23.2 Å². The van der Waals surface area contributed by atoms with E-state index < -0.39 is 11.4 Å². The standard InChI is InChI=1S/C25H16Cl2O5/c1-30-18-10-6-16(7-11-18)24-25(23(29)19-14-17(26)9-12-21(19)31-24)32-22(28)13-8-15-4-2-3-5-20(15)27/h2-14H,1H3/b13-8+. The number of fused-ring (bicyclic) bond motifs is 1. The minimum atomic E-state index is -0.756. The number of carbonyl (C=O) groups excluding carboxylic acids is 1. The number of benzene rings is 3. The summed E-state index contributed by atoms with van der Waals surface area (Å²) in [5.41, 5.74) is 0.979. The molecule has 160 valence electrons. The monoisotopic (exact) mass is 466 g/mol. The Morgan fingerprint density at radius 2 is 1.75 bits per heavy atom. The second kappa shape index (κ2) is 9.30. The van der Waals surface area contributed by atoms with Crippen molar-refractivity contribution in [3.8, 4) is 22.8 Å². The number of carbonyl (C=O) groups is 1.